The van der Waals surface area contributed by atoms with Gasteiger partial charge >= 0.3 is 6.18 Å². The topological polar surface area (TPSA) is 70.4 Å². The van der Waals surface area contributed by atoms with E-state index in [1.54, 1.807) is 12.1 Å². The Morgan fingerprint density at radius 1 is 0.692 bits per heavy atom. The Kier molecular flexibility index (Phi) is 11.5. The maximum Gasteiger partial charge on any atom is 0.429 e. The minimum absolute atomic E-state index is 0. The summed E-state index contributed by atoms with van der Waals surface area (Å²) in [4.78, 5) is 7.05. The molecule has 0 N–H and O–H groups in total. The summed E-state index contributed by atoms with van der Waals surface area (Å²) < 4.78 is 44.6. The Labute approximate surface area is 313 Å². The zero-order valence-electron chi connectivity index (χ0n) is 29.3. The molecular weight excluding hydrogens is 842 g/mol. The quantitative estimate of drug-likeness (QED) is 0.144. The number of para-hydroxylation sites is 4. The van der Waals surface area contributed by atoms with Crippen molar-refractivity contribution in [3.8, 4) is 22.9 Å². The molecule has 0 aliphatic rings. The van der Waals surface area contributed by atoms with Crippen molar-refractivity contribution in [1.82, 2.24) is 29.3 Å². The predicted molar refractivity (Wildman–Crippen MR) is 187 cm³/mol. The number of halogens is 3. The van der Waals surface area contributed by atoms with E-state index in [-0.39, 0.29) is 31.6 Å². The van der Waals surface area contributed by atoms with Crippen LogP contribution in [-0.4, -0.2) is 24.2 Å². The first-order valence-corrected chi connectivity index (χ1v) is 16.0. The van der Waals surface area contributed by atoms with E-state index in [0.717, 1.165) is 22.4 Å². The second-order valence-corrected chi connectivity index (χ2v) is 12.1. The fourth-order valence-corrected chi connectivity index (χ4v) is 5.67. The van der Waals surface area contributed by atoms with Crippen LogP contribution < -0.4 is 14.2 Å². The van der Waals surface area contributed by atoms with Gasteiger partial charge in [0.15, 0.2) is 0 Å². The van der Waals surface area contributed by atoms with E-state index in [4.69, 9.17) is 0 Å². The summed E-state index contributed by atoms with van der Waals surface area (Å²) in [6.07, 6.45) is 3.54. The molecule has 8 nitrogen and oxygen atoms in total. The van der Waals surface area contributed by atoms with Gasteiger partial charge in [0, 0.05) is 26.3 Å². The van der Waals surface area contributed by atoms with E-state index in [1.165, 1.54) is 45.6 Å². The van der Waals surface area contributed by atoms with Crippen molar-refractivity contribution in [2.45, 2.75) is 33.9 Å². The number of pyridine rings is 1. The van der Waals surface area contributed by atoms with Crippen molar-refractivity contribution in [3.05, 3.63) is 150 Å². The van der Waals surface area contributed by atoms with Gasteiger partial charge < -0.3 is 28.4 Å². The van der Waals surface area contributed by atoms with Crippen LogP contribution in [0.5, 0.6) is 0 Å². The van der Waals surface area contributed by atoms with Gasteiger partial charge in [0.25, 0.3) is 0 Å². The van der Waals surface area contributed by atoms with Crippen molar-refractivity contribution < 1.29 is 42.4 Å². The van der Waals surface area contributed by atoms with Crippen LogP contribution in [0.25, 0.3) is 45.0 Å². The molecule has 4 aromatic carbocycles. The standard InChI is InChI=1S/2C16H15N2.C8H4F3N4.Ir/c2*1-12-8-9-14(13(2)10-12)18-11-17(3)15-6-4-5-7-16(15)18;9-8(10,11)7-13-6(14-15-7)5-3-1-2-4-12-5;/h2*4-8,10H,1-3H3;1-4H;/q3*-1;. The Balaban J connectivity index is 0.000000150. The minimum Gasteiger partial charge on any atom is -0.413 e. The van der Waals surface area contributed by atoms with Crippen LogP contribution in [0.4, 0.5) is 13.2 Å². The summed E-state index contributed by atoms with van der Waals surface area (Å²) in [5, 5.41) is 6.25. The summed E-state index contributed by atoms with van der Waals surface area (Å²) >= 11 is 0. The first-order chi connectivity index (χ1) is 24.4. The number of aromatic nitrogens is 8. The van der Waals surface area contributed by atoms with E-state index in [2.05, 4.69) is 130 Å². The van der Waals surface area contributed by atoms with Gasteiger partial charge in [-0.05, 0) is 18.0 Å². The molecule has 52 heavy (non-hydrogen) atoms. The van der Waals surface area contributed by atoms with Crippen LogP contribution in [0.15, 0.2) is 97.2 Å². The van der Waals surface area contributed by atoms with E-state index >= 15 is 0 Å². The number of fused-ring (bicyclic) bond motifs is 2. The van der Waals surface area contributed by atoms with Gasteiger partial charge in [0.1, 0.15) is 5.82 Å². The molecule has 0 saturated carbocycles. The third kappa shape index (κ3) is 8.19. The van der Waals surface area contributed by atoms with Gasteiger partial charge in [-0.15, -0.1) is 0 Å². The number of alkyl halides is 3. The van der Waals surface area contributed by atoms with Crippen LogP contribution in [0.3, 0.4) is 0 Å². The monoisotopic (exact) mass is 876 g/mol. The van der Waals surface area contributed by atoms with Crippen LogP contribution in [0.2, 0.25) is 0 Å². The average Bonchev–Trinajstić information content (AvgIpc) is 3.83. The number of hydrogen-bond donors (Lipinski definition) is 0. The zero-order valence-corrected chi connectivity index (χ0v) is 31.7. The van der Waals surface area contributed by atoms with E-state index in [1.807, 2.05) is 47.5 Å². The second kappa shape index (κ2) is 15.8. The molecule has 4 heterocycles. The van der Waals surface area contributed by atoms with Gasteiger partial charge in [-0.1, -0.05) is 93.7 Å². The van der Waals surface area contributed by atoms with Crippen molar-refractivity contribution in [3.63, 3.8) is 0 Å². The Morgan fingerprint density at radius 2 is 1.17 bits per heavy atom. The molecule has 0 amide bonds. The second-order valence-electron chi connectivity index (χ2n) is 12.1. The molecule has 0 spiro atoms. The predicted octanol–water partition coefficient (Wildman–Crippen LogP) is 6.86. The van der Waals surface area contributed by atoms with Gasteiger partial charge in [-0.25, -0.2) is 0 Å². The third-order valence-electron chi connectivity index (χ3n) is 8.02. The first-order valence-electron chi connectivity index (χ1n) is 16.0. The summed E-state index contributed by atoms with van der Waals surface area (Å²) in [7, 11) is 4.03. The zero-order chi connectivity index (χ0) is 36.3. The largest absolute Gasteiger partial charge is 0.429 e. The van der Waals surface area contributed by atoms with Crippen LogP contribution >= 0.6 is 0 Å². The molecular formula is C40H34F3IrN8-3. The van der Waals surface area contributed by atoms with Crippen molar-refractivity contribution >= 4 is 22.1 Å². The molecule has 0 saturated heterocycles. The molecule has 8 aromatic rings. The average molecular weight is 876 g/mol. The maximum atomic E-state index is 12.1. The van der Waals surface area contributed by atoms with Crippen LogP contribution in [-0.2, 0) is 40.4 Å². The molecule has 0 atom stereocenters. The van der Waals surface area contributed by atoms with Crippen molar-refractivity contribution in [1.29, 1.82) is 0 Å². The molecule has 12 heteroatoms. The molecule has 0 aliphatic heterocycles. The number of aryl methyl sites for hydroxylation is 6. The number of benzene rings is 4. The fourth-order valence-electron chi connectivity index (χ4n) is 5.67. The Bertz CT molecular complexity index is 2320. The molecule has 1 radical (unpaired) electrons. The number of rotatable bonds is 3. The van der Waals surface area contributed by atoms with Crippen LogP contribution in [0.1, 0.15) is 28.1 Å². The number of nitrogens with zero attached hydrogens (tertiary/aromatic N) is 8. The minimum atomic E-state index is -4.57. The summed E-state index contributed by atoms with van der Waals surface area (Å²) in [6.45, 7) is 8.40. The van der Waals surface area contributed by atoms with Gasteiger partial charge in [-0.2, -0.15) is 71.8 Å². The Hall–Kier alpha value is -5.45. The van der Waals surface area contributed by atoms with Crippen LogP contribution in [0, 0.1) is 52.5 Å². The summed E-state index contributed by atoms with van der Waals surface area (Å²) in [5.74, 6) is -1.37. The van der Waals surface area contributed by atoms with E-state index in [9.17, 15) is 13.2 Å². The molecule has 0 fully saturated rings. The molecule has 4 aromatic heterocycles. The maximum absolute atomic E-state index is 12.1. The summed E-state index contributed by atoms with van der Waals surface area (Å²) in [5.41, 5.74) is 12.0. The van der Waals surface area contributed by atoms with Gasteiger partial charge in [0.05, 0.1) is 41.9 Å². The molecule has 0 unspecified atom stereocenters. The van der Waals surface area contributed by atoms with E-state index in [0.29, 0.717) is 0 Å². The molecule has 267 valence electrons. The first kappa shape index (κ1) is 37.8. The molecule has 8 rings (SSSR count). The molecule has 0 aliphatic carbocycles. The van der Waals surface area contributed by atoms with E-state index < -0.39 is 12.0 Å². The van der Waals surface area contributed by atoms with Gasteiger partial charge in [0.2, 0.25) is 12.7 Å². The third-order valence-corrected chi connectivity index (χ3v) is 8.02. The normalized spacial score (nSPS) is 11.0. The number of hydrogen-bond acceptors (Lipinski definition) is 3. The summed E-state index contributed by atoms with van der Waals surface area (Å²) in [6, 6.07) is 36.5. The Morgan fingerprint density at radius 3 is 1.60 bits per heavy atom. The van der Waals surface area contributed by atoms with Crippen molar-refractivity contribution in [2.75, 3.05) is 0 Å². The fraction of sp³-hybridized carbons (Fsp3) is 0.175. The SMILES string of the molecule is Cc1c[c-]c(-n2[c-][n+](C)c3ccccc32)c(C)c1.Cc1c[c-]c(-n2[c-][n+](C)c3ccccc32)c(C)c1.FC(F)(F)c1n[n-]c(-c2ccccn2)n1.[Ir]. The molecule has 0 bridgehead atoms. The smallest absolute Gasteiger partial charge is 0.413 e. The van der Waals surface area contributed by atoms with Crippen molar-refractivity contribution in [2.24, 2.45) is 14.1 Å². The number of imidazole rings is 2. The van der Waals surface area contributed by atoms with Gasteiger partial charge in [-0.3, -0.25) is 10.1 Å².